The Morgan fingerprint density at radius 2 is 1.61 bits per heavy atom. The fraction of sp³-hybridized carbons (Fsp3) is 0.160. The normalized spacial score (nSPS) is 10.6. The van der Waals surface area contributed by atoms with Crippen LogP contribution < -0.4 is 14.8 Å². The van der Waals surface area contributed by atoms with E-state index in [4.69, 9.17) is 9.47 Å². The Morgan fingerprint density at radius 1 is 0.939 bits per heavy atom. The molecule has 0 atom stereocenters. The van der Waals surface area contributed by atoms with Gasteiger partial charge in [0.15, 0.2) is 11.0 Å². The summed E-state index contributed by atoms with van der Waals surface area (Å²) >= 11 is 1.32. The van der Waals surface area contributed by atoms with Crippen LogP contribution in [0.3, 0.4) is 0 Å². The first-order valence-electron chi connectivity index (χ1n) is 10.3. The quantitative estimate of drug-likeness (QED) is 0.373. The van der Waals surface area contributed by atoms with Gasteiger partial charge in [0.2, 0.25) is 5.91 Å². The minimum absolute atomic E-state index is 0.165. The summed E-state index contributed by atoms with van der Waals surface area (Å²) in [5.41, 5.74) is 3.65. The van der Waals surface area contributed by atoms with E-state index < -0.39 is 0 Å². The monoisotopic (exact) mass is 460 g/mol. The summed E-state index contributed by atoms with van der Waals surface area (Å²) in [4.78, 5) is 12.7. The molecule has 1 amide bonds. The zero-order valence-electron chi connectivity index (χ0n) is 18.6. The molecule has 8 heteroatoms. The first-order valence-corrected chi connectivity index (χ1v) is 11.3. The van der Waals surface area contributed by atoms with Crippen LogP contribution in [0.15, 0.2) is 78.0 Å². The number of ether oxygens (including phenoxy) is 2. The van der Waals surface area contributed by atoms with Crippen LogP contribution in [0.5, 0.6) is 11.5 Å². The molecule has 1 N–H and O–H groups in total. The Kier molecular flexibility index (Phi) is 6.95. The highest BCUT2D eigenvalue weighted by molar-refractivity contribution is 7.99. The van der Waals surface area contributed by atoms with Gasteiger partial charge in [-0.2, -0.15) is 0 Å². The lowest BCUT2D eigenvalue weighted by Gasteiger charge is -2.11. The van der Waals surface area contributed by atoms with Crippen molar-refractivity contribution in [3.63, 3.8) is 0 Å². The lowest BCUT2D eigenvalue weighted by Crippen LogP contribution is -2.14. The van der Waals surface area contributed by atoms with Gasteiger partial charge in [0.05, 0.1) is 20.0 Å². The number of nitrogens with one attached hydrogen (secondary N) is 1. The minimum atomic E-state index is -0.171. The molecule has 1 heterocycles. The molecule has 7 nitrogen and oxygen atoms in total. The molecule has 4 rings (SSSR count). The highest BCUT2D eigenvalue weighted by Gasteiger charge is 2.17. The van der Waals surface area contributed by atoms with E-state index in [2.05, 4.69) is 15.5 Å². The lowest BCUT2D eigenvalue weighted by molar-refractivity contribution is -0.113. The Bertz CT molecular complexity index is 1220. The summed E-state index contributed by atoms with van der Waals surface area (Å²) in [6.45, 7) is 2.04. The Morgan fingerprint density at radius 3 is 2.24 bits per heavy atom. The van der Waals surface area contributed by atoms with Gasteiger partial charge in [-0.05, 0) is 19.1 Å². The highest BCUT2D eigenvalue weighted by Crippen LogP contribution is 2.29. The zero-order valence-corrected chi connectivity index (χ0v) is 19.4. The summed E-state index contributed by atoms with van der Waals surface area (Å²) in [7, 11) is 3.14. The Balaban J connectivity index is 1.56. The van der Waals surface area contributed by atoms with Crippen molar-refractivity contribution in [3.8, 4) is 28.6 Å². The first-order chi connectivity index (χ1) is 16.1. The topological polar surface area (TPSA) is 78.3 Å². The molecule has 0 aliphatic carbocycles. The third-order valence-corrected chi connectivity index (χ3v) is 5.85. The van der Waals surface area contributed by atoms with Crippen LogP contribution in [0.2, 0.25) is 0 Å². The summed E-state index contributed by atoms with van der Waals surface area (Å²) in [6, 6.07) is 23.2. The number of aryl methyl sites for hydroxylation is 1. The highest BCUT2D eigenvalue weighted by atomic mass is 32.2. The molecule has 0 saturated carbocycles. The molecular formula is C25H24N4O3S. The minimum Gasteiger partial charge on any atom is -0.497 e. The second-order valence-electron chi connectivity index (χ2n) is 7.28. The van der Waals surface area contributed by atoms with E-state index in [-0.39, 0.29) is 11.7 Å². The van der Waals surface area contributed by atoms with Crippen molar-refractivity contribution in [1.29, 1.82) is 0 Å². The number of nitrogens with zero attached hydrogens (tertiary/aromatic N) is 3. The number of carbonyl (C=O) groups excluding carboxylic acids is 1. The maximum absolute atomic E-state index is 12.7. The summed E-state index contributed by atoms with van der Waals surface area (Å²) in [5.74, 6) is 1.92. The fourth-order valence-corrected chi connectivity index (χ4v) is 4.02. The molecule has 0 spiro atoms. The van der Waals surface area contributed by atoms with Crippen molar-refractivity contribution in [2.75, 3.05) is 25.3 Å². The van der Waals surface area contributed by atoms with Crippen LogP contribution in [0.4, 0.5) is 5.69 Å². The van der Waals surface area contributed by atoms with E-state index in [1.807, 2.05) is 66.1 Å². The van der Waals surface area contributed by atoms with Crippen molar-refractivity contribution in [2.45, 2.75) is 12.1 Å². The van der Waals surface area contributed by atoms with Crippen LogP contribution in [-0.4, -0.2) is 40.6 Å². The Hall–Kier alpha value is -3.78. The molecule has 1 aromatic heterocycles. The number of rotatable bonds is 8. The number of thioether (sulfide) groups is 1. The van der Waals surface area contributed by atoms with Gasteiger partial charge in [-0.3, -0.25) is 9.36 Å². The molecule has 0 aliphatic rings. The second kappa shape index (κ2) is 10.2. The number of aromatic nitrogens is 3. The first kappa shape index (κ1) is 22.4. The molecule has 3 aromatic carbocycles. The number of benzene rings is 3. The number of anilines is 1. The van der Waals surface area contributed by atoms with Gasteiger partial charge in [-0.1, -0.05) is 59.8 Å². The van der Waals surface area contributed by atoms with Crippen molar-refractivity contribution in [2.24, 2.45) is 0 Å². The van der Waals surface area contributed by atoms with Crippen LogP contribution in [0, 0.1) is 6.92 Å². The van der Waals surface area contributed by atoms with Gasteiger partial charge in [0, 0.05) is 35.1 Å². The molecule has 0 aliphatic heterocycles. The van der Waals surface area contributed by atoms with E-state index in [1.165, 1.54) is 11.8 Å². The largest absolute Gasteiger partial charge is 0.497 e. The molecule has 33 heavy (non-hydrogen) atoms. The zero-order chi connectivity index (χ0) is 23.2. The average molecular weight is 461 g/mol. The SMILES string of the molecule is COc1cc(NC(=O)CSc2nnc(-c3ccccc3)n2-c2ccc(C)cc2)cc(OC)c1. The molecule has 0 saturated heterocycles. The molecule has 0 fully saturated rings. The van der Waals surface area contributed by atoms with Gasteiger partial charge in [0.25, 0.3) is 0 Å². The molecule has 4 aromatic rings. The van der Waals surface area contributed by atoms with Gasteiger partial charge >= 0.3 is 0 Å². The summed E-state index contributed by atoms with van der Waals surface area (Å²) < 4.78 is 12.5. The third kappa shape index (κ3) is 5.35. The average Bonchev–Trinajstić information content (AvgIpc) is 3.27. The van der Waals surface area contributed by atoms with E-state index in [1.54, 1.807) is 32.4 Å². The maximum Gasteiger partial charge on any atom is 0.234 e. The van der Waals surface area contributed by atoms with Crippen LogP contribution in [-0.2, 0) is 4.79 Å². The second-order valence-corrected chi connectivity index (χ2v) is 8.22. The van der Waals surface area contributed by atoms with Gasteiger partial charge < -0.3 is 14.8 Å². The number of carbonyl (C=O) groups is 1. The van der Waals surface area contributed by atoms with E-state index in [9.17, 15) is 4.79 Å². The predicted molar refractivity (Wildman–Crippen MR) is 130 cm³/mol. The van der Waals surface area contributed by atoms with Crippen molar-refractivity contribution < 1.29 is 14.3 Å². The smallest absolute Gasteiger partial charge is 0.234 e. The molecule has 0 radical (unpaired) electrons. The summed E-state index contributed by atoms with van der Waals surface area (Å²) in [6.07, 6.45) is 0. The van der Waals surface area contributed by atoms with Crippen molar-refractivity contribution >= 4 is 23.4 Å². The van der Waals surface area contributed by atoms with Crippen molar-refractivity contribution in [3.05, 3.63) is 78.4 Å². The van der Waals surface area contributed by atoms with E-state index >= 15 is 0 Å². The van der Waals surface area contributed by atoms with E-state index in [0.717, 1.165) is 22.6 Å². The molecule has 168 valence electrons. The number of methoxy groups -OCH3 is 2. The molecule has 0 unspecified atom stereocenters. The number of hydrogen-bond acceptors (Lipinski definition) is 6. The van der Waals surface area contributed by atoms with Crippen LogP contribution in [0.25, 0.3) is 17.1 Å². The van der Waals surface area contributed by atoms with Crippen LogP contribution >= 0.6 is 11.8 Å². The Labute approximate surface area is 196 Å². The lowest BCUT2D eigenvalue weighted by atomic mass is 10.2. The molecular weight excluding hydrogens is 436 g/mol. The third-order valence-electron chi connectivity index (χ3n) is 4.93. The predicted octanol–water partition coefficient (Wildman–Crippen LogP) is 4.99. The van der Waals surface area contributed by atoms with Gasteiger partial charge in [-0.15, -0.1) is 10.2 Å². The van der Waals surface area contributed by atoms with Crippen LogP contribution in [0.1, 0.15) is 5.56 Å². The molecule has 0 bridgehead atoms. The standard InChI is InChI=1S/C25H24N4O3S/c1-17-9-11-20(12-10-17)29-24(18-7-5-4-6-8-18)27-28-25(29)33-16-23(30)26-19-13-21(31-2)15-22(14-19)32-3/h4-15H,16H2,1-3H3,(H,26,30). The van der Waals surface area contributed by atoms with Gasteiger partial charge in [-0.25, -0.2) is 0 Å². The summed E-state index contributed by atoms with van der Waals surface area (Å²) in [5, 5.41) is 12.3. The maximum atomic E-state index is 12.7. The number of amides is 1. The van der Waals surface area contributed by atoms with Crippen molar-refractivity contribution in [1.82, 2.24) is 14.8 Å². The number of hydrogen-bond donors (Lipinski definition) is 1. The van der Waals surface area contributed by atoms with Gasteiger partial charge in [0.1, 0.15) is 11.5 Å². The fourth-order valence-electron chi connectivity index (χ4n) is 3.27. The van der Waals surface area contributed by atoms with E-state index in [0.29, 0.717) is 22.3 Å².